The molecule has 1 spiro atoms. The Hall–Kier alpha value is -1.47. The molecule has 0 atom stereocenters. The van der Waals surface area contributed by atoms with Crippen LogP contribution < -0.4 is 10.2 Å². The molecular formula is C22H36N6S. The van der Waals surface area contributed by atoms with E-state index in [0.717, 1.165) is 57.6 Å². The largest absolute Gasteiger partial charge is 0.354 e. The van der Waals surface area contributed by atoms with Gasteiger partial charge in [0.15, 0.2) is 5.96 Å². The minimum absolute atomic E-state index is 0.458. The summed E-state index contributed by atoms with van der Waals surface area (Å²) in [5.74, 6) is 3.36. The zero-order chi connectivity index (χ0) is 20.1. The average molecular weight is 417 g/mol. The minimum Gasteiger partial charge on any atom is -0.354 e. The highest BCUT2D eigenvalue weighted by atomic mass is 32.2. The molecule has 1 aliphatic carbocycles. The second-order valence-electron chi connectivity index (χ2n) is 8.73. The summed E-state index contributed by atoms with van der Waals surface area (Å²) in [4.78, 5) is 16.5. The van der Waals surface area contributed by atoms with Crippen molar-refractivity contribution < 1.29 is 0 Å². The van der Waals surface area contributed by atoms with Gasteiger partial charge in [-0.15, -0.1) is 0 Å². The maximum absolute atomic E-state index is 4.62. The van der Waals surface area contributed by atoms with Crippen molar-refractivity contribution in [2.45, 2.75) is 43.4 Å². The zero-order valence-electron chi connectivity index (χ0n) is 18.1. The third-order valence-electron chi connectivity index (χ3n) is 6.61. The Morgan fingerprint density at radius 2 is 1.97 bits per heavy atom. The molecule has 160 valence electrons. The van der Waals surface area contributed by atoms with Crippen LogP contribution >= 0.6 is 11.8 Å². The molecule has 3 aliphatic rings. The standard InChI is InChI=1S/C22H36N6S/c1-23-21(28-14-15-29-22(18-28)7-4-3-5-8-22)25-17-19-6-9-24-20(16-19)27-12-10-26(2)11-13-27/h6,9,16H,3-5,7-8,10-15,17-18H2,1-2H3,(H,23,25). The summed E-state index contributed by atoms with van der Waals surface area (Å²) >= 11 is 2.21. The number of aromatic nitrogens is 1. The van der Waals surface area contributed by atoms with E-state index >= 15 is 0 Å². The van der Waals surface area contributed by atoms with Crippen molar-refractivity contribution >= 4 is 23.5 Å². The molecule has 0 bridgehead atoms. The quantitative estimate of drug-likeness (QED) is 0.604. The summed E-state index contributed by atoms with van der Waals surface area (Å²) in [5, 5.41) is 3.63. The van der Waals surface area contributed by atoms with Crippen LogP contribution in [-0.4, -0.2) is 84.6 Å². The Balaban J connectivity index is 1.35. The number of nitrogens with one attached hydrogen (secondary N) is 1. The van der Waals surface area contributed by atoms with Gasteiger partial charge < -0.3 is 20.0 Å². The van der Waals surface area contributed by atoms with Gasteiger partial charge in [0.25, 0.3) is 0 Å². The molecule has 7 heteroatoms. The summed E-state index contributed by atoms with van der Waals surface area (Å²) < 4.78 is 0.458. The van der Waals surface area contributed by atoms with Crippen LogP contribution in [0.4, 0.5) is 5.82 Å². The van der Waals surface area contributed by atoms with Crippen LogP contribution in [0.3, 0.4) is 0 Å². The van der Waals surface area contributed by atoms with Gasteiger partial charge in [0.2, 0.25) is 0 Å². The van der Waals surface area contributed by atoms with Crippen LogP contribution in [-0.2, 0) is 6.54 Å². The van der Waals surface area contributed by atoms with Crippen LogP contribution in [0.25, 0.3) is 0 Å². The molecule has 0 aromatic carbocycles. The van der Waals surface area contributed by atoms with Crippen molar-refractivity contribution in [3.8, 4) is 0 Å². The smallest absolute Gasteiger partial charge is 0.193 e. The summed E-state index contributed by atoms with van der Waals surface area (Å²) in [6, 6.07) is 4.36. The first-order valence-corrected chi connectivity index (χ1v) is 12.1. The topological polar surface area (TPSA) is 47.0 Å². The van der Waals surface area contributed by atoms with Gasteiger partial charge in [0, 0.05) is 69.6 Å². The van der Waals surface area contributed by atoms with E-state index in [1.165, 1.54) is 43.4 Å². The van der Waals surface area contributed by atoms with E-state index in [1.807, 2.05) is 13.2 Å². The molecule has 0 unspecified atom stereocenters. The molecule has 1 aromatic rings. The molecule has 4 rings (SSSR count). The SMILES string of the molecule is CN=C(NCc1ccnc(N2CCN(C)CC2)c1)N1CCSC2(CCCCC2)C1. The van der Waals surface area contributed by atoms with Crippen molar-refractivity contribution in [1.82, 2.24) is 20.1 Å². The number of pyridine rings is 1. The predicted molar refractivity (Wildman–Crippen MR) is 124 cm³/mol. The highest BCUT2D eigenvalue weighted by molar-refractivity contribution is 8.00. The molecule has 0 amide bonds. The monoisotopic (exact) mass is 416 g/mol. The maximum Gasteiger partial charge on any atom is 0.193 e. The summed E-state index contributed by atoms with van der Waals surface area (Å²) in [6.07, 6.45) is 8.86. The highest BCUT2D eigenvalue weighted by Gasteiger charge is 2.38. The minimum atomic E-state index is 0.458. The lowest BCUT2D eigenvalue weighted by molar-refractivity contribution is 0.293. The second-order valence-corrected chi connectivity index (χ2v) is 10.3. The van der Waals surface area contributed by atoms with Gasteiger partial charge in [-0.1, -0.05) is 19.3 Å². The molecular weight excluding hydrogens is 380 g/mol. The lowest BCUT2D eigenvalue weighted by atomic mass is 9.87. The van der Waals surface area contributed by atoms with Crippen molar-refractivity contribution in [3.05, 3.63) is 23.9 Å². The molecule has 29 heavy (non-hydrogen) atoms. The Kier molecular flexibility index (Phi) is 6.85. The highest BCUT2D eigenvalue weighted by Crippen LogP contribution is 2.42. The normalized spacial score (nSPS) is 23.4. The molecule has 1 aromatic heterocycles. The molecule has 1 saturated carbocycles. The fourth-order valence-corrected chi connectivity index (χ4v) is 6.39. The van der Waals surface area contributed by atoms with Crippen LogP contribution in [0, 0.1) is 0 Å². The van der Waals surface area contributed by atoms with Gasteiger partial charge in [0.05, 0.1) is 0 Å². The van der Waals surface area contributed by atoms with Crippen molar-refractivity contribution in [3.63, 3.8) is 0 Å². The summed E-state index contributed by atoms with van der Waals surface area (Å²) in [7, 11) is 4.10. The molecule has 1 N–H and O–H groups in total. The number of hydrogen-bond acceptors (Lipinski definition) is 5. The Morgan fingerprint density at radius 1 is 1.17 bits per heavy atom. The average Bonchev–Trinajstić information content (AvgIpc) is 2.76. The zero-order valence-corrected chi connectivity index (χ0v) is 18.9. The van der Waals surface area contributed by atoms with Crippen LogP contribution in [0.5, 0.6) is 0 Å². The Bertz CT molecular complexity index is 689. The number of likely N-dealkylation sites (N-methyl/N-ethyl adjacent to an activating group) is 1. The van der Waals surface area contributed by atoms with Crippen LogP contribution in [0.1, 0.15) is 37.7 Å². The van der Waals surface area contributed by atoms with Crippen molar-refractivity contribution in [1.29, 1.82) is 0 Å². The lowest BCUT2D eigenvalue weighted by Crippen LogP contribution is -2.53. The molecule has 3 fully saturated rings. The number of nitrogens with zero attached hydrogens (tertiary/aromatic N) is 5. The van der Waals surface area contributed by atoms with Crippen molar-refractivity contribution in [2.75, 3.05) is 64.0 Å². The van der Waals surface area contributed by atoms with Gasteiger partial charge in [0.1, 0.15) is 5.82 Å². The van der Waals surface area contributed by atoms with E-state index in [2.05, 4.69) is 60.9 Å². The fraction of sp³-hybridized carbons (Fsp3) is 0.727. The van der Waals surface area contributed by atoms with E-state index in [4.69, 9.17) is 0 Å². The van der Waals surface area contributed by atoms with Gasteiger partial charge in [-0.25, -0.2) is 4.98 Å². The molecule has 3 heterocycles. The van der Waals surface area contributed by atoms with Crippen LogP contribution in [0.15, 0.2) is 23.3 Å². The number of rotatable bonds is 3. The van der Waals surface area contributed by atoms with Crippen molar-refractivity contribution in [2.24, 2.45) is 4.99 Å². The predicted octanol–water partition coefficient (Wildman–Crippen LogP) is 2.66. The lowest BCUT2D eigenvalue weighted by Gasteiger charge is -2.45. The molecule has 6 nitrogen and oxygen atoms in total. The van der Waals surface area contributed by atoms with E-state index < -0.39 is 0 Å². The van der Waals surface area contributed by atoms with Gasteiger partial charge >= 0.3 is 0 Å². The van der Waals surface area contributed by atoms with Gasteiger partial charge in [-0.05, 0) is 37.6 Å². The number of anilines is 1. The third kappa shape index (κ3) is 5.18. The second kappa shape index (κ2) is 9.56. The van der Waals surface area contributed by atoms with E-state index in [9.17, 15) is 0 Å². The Labute approximate surface area is 180 Å². The van der Waals surface area contributed by atoms with Crippen LogP contribution in [0.2, 0.25) is 0 Å². The maximum atomic E-state index is 4.62. The summed E-state index contributed by atoms with van der Waals surface area (Å²) in [5.41, 5.74) is 1.27. The Morgan fingerprint density at radius 3 is 2.72 bits per heavy atom. The van der Waals surface area contributed by atoms with Gasteiger partial charge in [-0.3, -0.25) is 4.99 Å². The number of thioether (sulfide) groups is 1. The summed E-state index contributed by atoms with van der Waals surface area (Å²) in [6.45, 7) is 7.34. The van der Waals surface area contributed by atoms with Gasteiger partial charge in [-0.2, -0.15) is 11.8 Å². The number of hydrogen-bond donors (Lipinski definition) is 1. The number of guanidine groups is 1. The molecule has 2 aliphatic heterocycles. The fourth-order valence-electron chi connectivity index (χ4n) is 4.82. The first-order chi connectivity index (χ1) is 14.2. The van der Waals surface area contributed by atoms with E-state index in [-0.39, 0.29) is 0 Å². The number of aliphatic imine (C=N–C) groups is 1. The molecule has 0 radical (unpaired) electrons. The first-order valence-electron chi connectivity index (χ1n) is 11.2. The van der Waals surface area contributed by atoms with E-state index in [1.54, 1.807) is 0 Å². The third-order valence-corrected chi connectivity index (χ3v) is 8.15. The van der Waals surface area contributed by atoms with E-state index in [0.29, 0.717) is 4.75 Å². The number of piperazine rings is 1. The molecule has 2 saturated heterocycles. The first kappa shape index (κ1) is 20.8.